The van der Waals surface area contributed by atoms with Crippen LogP contribution in [0.3, 0.4) is 0 Å². The lowest BCUT2D eigenvalue weighted by molar-refractivity contribution is -0.384. The van der Waals surface area contributed by atoms with Crippen molar-refractivity contribution in [1.29, 1.82) is 0 Å². The van der Waals surface area contributed by atoms with Gasteiger partial charge in [0.25, 0.3) is 5.69 Å². The lowest BCUT2D eigenvalue weighted by atomic mass is 9.82. The largest absolute Gasteiger partial charge is 0.481 e. The van der Waals surface area contributed by atoms with Crippen molar-refractivity contribution in [2.75, 3.05) is 16.3 Å². The maximum atomic E-state index is 14.1. The van der Waals surface area contributed by atoms with Crippen molar-refractivity contribution in [2.45, 2.75) is 25.7 Å². The SMILES string of the molecule is O=C(O)C1CCC(CN(C(=O)N(c2ccc([N+](=O)[O-])cc2)c2cncc(Cl)n2)c2cncc(Cl)n2)CC1. The number of nitrogens with zero attached hydrogens (tertiary/aromatic N) is 7. The molecule has 0 unspecified atom stereocenters. The molecule has 2 aromatic heterocycles. The Hall–Kier alpha value is -3.90. The molecule has 0 spiro atoms. The molecule has 1 aliphatic carbocycles. The lowest BCUT2D eigenvalue weighted by Crippen LogP contribution is -2.45. The van der Waals surface area contributed by atoms with Gasteiger partial charge in [-0.2, -0.15) is 0 Å². The highest BCUT2D eigenvalue weighted by molar-refractivity contribution is 6.29. The fraction of sp³-hybridized carbons (Fsp3) is 0.304. The third-order valence-electron chi connectivity index (χ3n) is 6.07. The zero-order chi connectivity index (χ0) is 26.5. The highest BCUT2D eigenvalue weighted by atomic mass is 35.5. The Bertz CT molecular complexity index is 1300. The lowest BCUT2D eigenvalue weighted by Gasteiger charge is -2.34. The minimum absolute atomic E-state index is 0.00973. The molecule has 1 fully saturated rings. The van der Waals surface area contributed by atoms with Crippen LogP contribution >= 0.6 is 23.2 Å². The van der Waals surface area contributed by atoms with Gasteiger partial charge in [0, 0.05) is 18.7 Å². The van der Waals surface area contributed by atoms with Crippen LogP contribution in [0.4, 0.5) is 27.8 Å². The third kappa shape index (κ3) is 6.27. The average molecular weight is 546 g/mol. The topological polar surface area (TPSA) is 156 Å². The van der Waals surface area contributed by atoms with Crippen molar-refractivity contribution in [3.05, 3.63) is 69.5 Å². The first-order valence-electron chi connectivity index (χ1n) is 11.3. The first-order valence-corrected chi connectivity index (χ1v) is 12.0. The zero-order valence-corrected chi connectivity index (χ0v) is 20.8. The number of anilines is 3. The molecule has 0 radical (unpaired) electrons. The van der Waals surface area contributed by atoms with E-state index in [4.69, 9.17) is 23.2 Å². The molecule has 2 amide bonds. The van der Waals surface area contributed by atoms with E-state index in [0.29, 0.717) is 25.7 Å². The second kappa shape index (κ2) is 11.4. The molecule has 0 atom stereocenters. The van der Waals surface area contributed by atoms with Gasteiger partial charge in [0.1, 0.15) is 10.3 Å². The first kappa shape index (κ1) is 26.2. The van der Waals surface area contributed by atoms with Crippen molar-refractivity contribution in [3.8, 4) is 0 Å². The molecule has 1 N–H and O–H groups in total. The van der Waals surface area contributed by atoms with Gasteiger partial charge in [-0.05, 0) is 43.7 Å². The third-order valence-corrected chi connectivity index (χ3v) is 6.43. The van der Waals surface area contributed by atoms with Crippen LogP contribution < -0.4 is 9.80 Å². The summed E-state index contributed by atoms with van der Waals surface area (Å²) in [4.78, 5) is 55.3. The number of carboxylic acids is 1. The molecule has 1 aromatic carbocycles. The summed E-state index contributed by atoms with van der Waals surface area (Å²) >= 11 is 12.1. The second-order valence-electron chi connectivity index (χ2n) is 8.46. The standard InChI is InChI=1S/C23H21Cl2N7O5/c24-18-9-26-11-20(28-18)30(13-14-1-3-15(4-2-14)22(33)34)23(35)31(21-12-27-10-19(25)29-21)16-5-7-17(8-6-16)32(36)37/h5-12,14-15H,1-4,13H2,(H,33,34). The van der Waals surface area contributed by atoms with Crippen molar-refractivity contribution >= 4 is 58.2 Å². The van der Waals surface area contributed by atoms with Crippen LogP contribution in [0.2, 0.25) is 10.3 Å². The fourth-order valence-corrected chi connectivity index (χ4v) is 4.49. The molecule has 2 heterocycles. The average Bonchev–Trinajstić information content (AvgIpc) is 2.88. The number of rotatable bonds is 7. The minimum atomic E-state index is -0.823. The summed E-state index contributed by atoms with van der Waals surface area (Å²) in [5.74, 6) is -0.981. The van der Waals surface area contributed by atoms with Crippen molar-refractivity contribution < 1.29 is 19.6 Å². The number of hydrogen-bond donors (Lipinski definition) is 1. The van der Waals surface area contributed by atoms with E-state index in [9.17, 15) is 24.8 Å². The molecular weight excluding hydrogens is 525 g/mol. The summed E-state index contributed by atoms with van der Waals surface area (Å²) < 4.78 is 0. The van der Waals surface area contributed by atoms with E-state index >= 15 is 0 Å². The van der Waals surface area contributed by atoms with E-state index in [0.717, 1.165) is 0 Å². The van der Waals surface area contributed by atoms with Crippen LogP contribution in [0.15, 0.2) is 49.1 Å². The van der Waals surface area contributed by atoms with Gasteiger partial charge < -0.3 is 5.11 Å². The van der Waals surface area contributed by atoms with Crippen LogP contribution in [-0.2, 0) is 4.79 Å². The maximum Gasteiger partial charge on any atom is 0.336 e. The number of urea groups is 1. The number of halogens is 2. The molecule has 0 aliphatic heterocycles. The maximum absolute atomic E-state index is 14.1. The molecule has 14 heteroatoms. The molecule has 1 saturated carbocycles. The van der Waals surface area contributed by atoms with Gasteiger partial charge in [-0.3, -0.25) is 29.8 Å². The number of nitro groups is 1. The number of carbonyl (C=O) groups excluding carboxylic acids is 1. The van der Waals surface area contributed by atoms with E-state index in [1.54, 1.807) is 0 Å². The quantitative estimate of drug-likeness (QED) is 0.313. The molecule has 4 rings (SSSR count). The monoisotopic (exact) mass is 545 g/mol. The Morgan fingerprint density at radius 3 is 2.05 bits per heavy atom. The van der Waals surface area contributed by atoms with E-state index < -0.39 is 22.8 Å². The Morgan fingerprint density at radius 1 is 0.946 bits per heavy atom. The second-order valence-corrected chi connectivity index (χ2v) is 9.23. The van der Waals surface area contributed by atoms with Gasteiger partial charge >= 0.3 is 12.0 Å². The number of aliphatic carboxylic acids is 1. The van der Waals surface area contributed by atoms with Gasteiger partial charge in [-0.25, -0.2) is 19.7 Å². The summed E-state index contributed by atoms with van der Waals surface area (Å²) in [5.41, 5.74) is 0.128. The van der Waals surface area contributed by atoms with Crippen LogP contribution in [0, 0.1) is 22.0 Å². The van der Waals surface area contributed by atoms with Crippen LogP contribution in [0.1, 0.15) is 25.7 Å². The Morgan fingerprint density at radius 2 is 1.51 bits per heavy atom. The number of carboxylic acid groups (broad SMARTS) is 1. The van der Waals surface area contributed by atoms with E-state index in [1.807, 2.05) is 0 Å². The van der Waals surface area contributed by atoms with Gasteiger partial charge in [0.2, 0.25) is 0 Å². The van der Waals surface area contributed by atoms with Crippen molar-refractivity contribution in [2.24, 2.45) is 11.8 Å². The number of aromatic nitrogens is 4. The Balaban J connectivity index is 1.73. The van der Waals surface area contributed by atoms with E-state index in [-0.39, 0.29) is 45.8 Å². The molecule has 1 aliphatic rings. The predicted octanol–water partition coefficient (Wildman–Crippen LogP) is 5.14. The van der Waals surface area contributed by atoms with Gasteiger partial charge in [-0.15, -0.1) is 0 Å². The van der Waals surface area contributed by atoms with E-state index in [1.165, 1.54) is 58.9 Å². The van der Waals surface area contributed by atoms with E-state index in [2.05, 4.69) is 19.9 Å². The normalized spacial score (nSPS) is 17.1. The molecule has 0 saturated heterocycles. The summed E-state index contributed by atoms with van der Waals surface area (Å²) in [5, 5.41) is 20.6. The summed E-state index contributed by atoms with van der Waals surface area (Å²) in [6, 6.07) is 4.77. The molecule has 37 heavy (non-hydrogen) atoms. The van der Waals surface area contributed by atoms with Crippen LogP contribution in [0.25, 0.3) is 0 Å². The molecule has 0 bridgehead atoms. The molecule has 12 nitrogen and oxygen atoms in total. The van der Waals surface area contributed by atoms with Gasteiger partial charge in [-0.1, -0.05) is 23.2 Å². The number of nitro benzene ring substituents is 1. The Kier molecular flexibility index (Phi) is 8.09. The number of non-ortho nitro benzene ring substituents is 1. The summed E-state index contributed by atoms with van der Waals surface area (Å²) in [7, 11) is 0. The van der Waals surface area contributed by atoms with Gasteiger partial charge in [0.15, 0.2) is 11.6 Å². The summed E-state index contributed by atoms with van der Waals surface area (Å²) in [6.07, 6.45) is 7.57. The first-order chi connectivity index (χ1) is 17.7. The molecular formula is C23H21Cl2N7O5. The van der Waals surface area contributed by atoms with Crippen molar-refractivity contribution in [1.82, 2.24) is 19.9 Å². The predicted molar refractivity (Wildman–Crippen MR) is 135 cm³/mol. The Labute approximate surface area is 221 Å². The highest BCUT2D eigenvalue weighted by Gasteiger charge is 2.33. The van der Waals surface area contributed by atoms with Crippen LogP contribution in [-0.4, -0.2) is 48.5 Å². The molecule has 3 aromatic rings. The highest BCUT2D eigenvalue weighted by Crippen LogP contribution is 2.33. The number of benzene rings is 1. The van der Waals surface area contributed by atoms with Gasteiger partial charge in [0.05, 0.1) is 41.3 Å². The number of hydrogen-bond acceptors (Lipinski definition) is 8. The zero-order valence-electron chi connectivity index (χ0n) is 19.3. The minimum Gasteiger partial charge on any atom is -0.481 e. The number of amides is 2. The van der Waals surface area contributed by atoms with Crippen LogP contribution in [0.5, 0.6) is 0 Å². The smallest absolute Gasteiger partial charge is 0.336 e. The molecule has 192 valence electrons. The fourth-order valence-electron chi connectivity index (χ4n) is 4.21. The van der Waals surface area contributed by atoms with Crippen molar-refractivity contribution in [3.63, 3.8) is 0 Å². The number of carbonyl (C=O) groups is 2. The summed E-state index contributed by atoms with van der Waals surface area (Å²) in [6.45, 7) is 0.206.